The van der Waals surface area contributed by atoms with Crippen LogP contribution in [0, 0.1) is 5.92 Å². The van der Waals surface area contributed by atoms with E-state index >= 15 is 0 Å². The molecule has 0 bridgehead atoms. The SMILES string of the molecule is CCC(NC)C(C)N1CCN(CC(C)C)CC1. The standard InChI is InChI=1S/C14H31N3/c1-6-14(15-5)13(4)17-9-7-16(8-10-17)11-12(2)3/h12-15H,6-11H2,1-5H3. The first-order valence-corrected chi connectivity index (χ1v) is 7.22. The molecule has 0 aliphatic carbocycles. The quantitative estimate of drug-likeness (QED) is 0.763. The van der Waals surface area contributed by atoms with Gasteiger partial charge in [-0.2, -0.15) is 0 Å². The second-order valence-corrected chi connectivity index (χ2v) is 5.77. The van der Waals surface area contributed by atoms with Crippen LogP contribution in [0.25, 0.3) is 0 Å². The second kappa shape index (κ2) is 7.34. The summed E-state index contributed by atoms with van der Waals surface area (Å²) in [5, 5.41) is 3.44. The molecule has 0 aromatic carbocycles. The smallest absolute Gasteiger partial charge is 0.0221 e. The predicted molar refractivity (Wildman–Crippen MR) is 75.5 cm³/mol. The van der Waals surface area contributed by atoms with Crippen molar-refractivity contribution in [1.29, 1.82) is 0 Å². The summed E-state index contributed by atoms with van der Waals surface area (Å²) in [5.41, 5.74) is 0. The fourth-order valence-corrected chi connectivity index (χ4v) is 2.91. The molecule has 102 valence electrons. The third-order valence-electron chi connectivity index (χ3n) is 4.00. The highest BCUT2D eigenvalue weighted by atomic mass is 15.3. The molecule has 2 unspecified atom stereocenters. The Hall–Kier alpha value is -0.120. The lowest BCUT2D eigenvalue weighted by Gasteiger charge is -2.41. The van der Waals surface area contributed by atoms with Crippen LogP contribution in [0.5, 0.6) is 0 Å². The summed E-state index contributed by atoms with van der Waals surface area (Å²) in [6.45, 7) is 15.4. The van der Waals surface area contributed by atoms with Gasteiger partial charge in [-0.05, 0) is 26.3 Å². The van der Waals surface area contributed by atoms with E-state index in [1.54, 1.807) is 0 Å². The number of hydrogen-bond donors (Lipinski definition) is 1. The molecule has 17 heavy (non-hydrogen) atoms. The summed E-state index contributed by atoms with van der Waals surface area (Å²) in [4.78, 5) is 5.25. The van der Waals surface area contributed by atoms with Gasteiger partial charge < -0.3 is 10.2 Å². The number of likely N-dealkylation sites (N-methyl/N-ethyl adjacent to an activating group) is 1. The maximum absolute atomic E-state index is 3.44. The Balaban J connectivity index is 2.35. The van der Waals surface area contributed by atoms with E-state index in [9.17, 15) is 0 Å². The number of hydrogen-bond acceptors (Lipinski definition) is 3. The van der Waals surface area contributed by atoms with E-state index in [1.165, 1.54) is 39.1 Å². The molecule has 0 amide bonds. The summed E-state index contributed by atoms with van der Waals surface area (Å²) in [5.74, 6) is 0.791. The lowest BCUT2D eigenvalue weighted by molar-refractivity contribution is 0.0801. The largest absolute Gasteiger partial charge is 0.315 e. The Morgan fingerprint density at radius 3 is 2.06 bits per heavy atom. The molecule has 3 heteroatoms. The molecule has 3 nitrogen and oxygen atoms in total. The highest BCUT2D eigenvalue weighted by Gasteiger charge is 2.25. The first-order chi connectivity index (χ1) is 8.08. The average Bonchev–Trinajstić information content (AvgIpc) is 2.30. The van der Waals surface area contributed by atoms with Crippen molar-refractivity contribution < 1.29 is 0 Å². The summed E-state index contributed by atoms with van der Waals surface area (Å²) < 4.78 is 0. The van der Waals surface area contributed by atoms with Crippen molar-refractivity contribution in [3.8, 4) is 0 Å². The van der Waals surface area contributed by atoms with Crippen molar-refractivity contribution in [2.24, 2.45) is 5.92 Å². The zero-order valence-electron chi connectivity index (χ0n) is 12.4. The summed E-state index contributed by atoms with van der Waals surface area (Å²) in [6, 6.07) is 1.29. The molecule has 1 saturated heterocycles. The second-order valence-electron chi connectivity index (χ2n) is 5.77. The van der Waals surface area contributed by atoms with E-state index in [-0.39, 0.29) is 0 Å². The van der Waals surface area contributed by atoms with Gasteiger partial charge in [-0.3, -0.25) is 4.90 Å². The van der Waals surface area contributed by atoms with Gasteiger partial charge >= 0.3 is 0 Å². The molecule has 1 rings (SSSR count). The average molecular weight is 241 g/mol. The number of nitrogens with zero attached hydrogens (tertiary/aromatic N) is 2. The molecule has 1 aliphatic heterocycles. The topological polar surface area (TPSA) is 18.5 Å². The van der Waals surface area contributed by atoms with Gasteiger partial charge in [-0.25, -0.2) is 0 Å². The van der Waals surface area contributed by atoms with E-state index in [2.05, 4.69) is 49.9 Å². The van der Waals surface area contributed by atoms with Crippen LogP contribution < -0.4 is 5.32 Å². The highest BCUT2D eigenvalue weighted by Crippen LogP contribution is 2.12. The summed E-state index contributed by atoms with van der Waals surface area (Å²) >= 11 is 0. The third-order valence-corrected chi connectivity index (χ3v) is 4.00. The molecule has 1 fully saturated rings. The Labute approximate surface area is 108 Å². The van der Waals surface area contributed by atoms with Crippen LogP contribution in [0.15, 0.2) is 0 Å². The van der Waals surface area contributed by atoms with Gasteiger partial charge in [0, 0.05) is 44.8 Å². The first kappa shape index (κ1) is 14.9. The van der Waals surface area contributed by atoms with Crippen LogP contribution >= 0.6 is 0 Å². The summed E-state index contributed by atoms with van der Waals surface area (Å²) in [6.07, 6.45) is 1.21. The zero-order valence-corrected chi connectivity index (χ0v) is 12.4. The molecule has 0 saturated carbocycles. The molecular formula is C14H31N3. The Morgan fingerprint density at radius 1 is 1.06 bits per heavy atom. The molecule has 2 atom stereocenters. The van der Waals surface area contributed by atoms with E-state index < -0.39 is 0 Å². The summed E-state index contributed by atoms with van der Waals surface area (Å²) in [7, 11) is 2.08. The van der Waals surface area contributed by atoms with Crippen LogP contribution in [-0.2, 0) is 0 Å². The van der Waals surface area contributed by atoms with Crippen molar-refractivity contribution in [1.82, 2.24) is 15.1 Å². The zero-order chi connectivity index (χ0) is 12.8. The van der Waals surface area contributed by atoms with E-state index in [0.29, 0.717) is 12.1 Å². The Morgan fingerprint density at radius 2 is 1.65 bits per heavy atom. The number of rotatable bonds is 6. The molecule has 0 spiro atoms. The van der Waals surface area contributed by atoms with E-state index in [1.807, 2.05) is 0 Å². The lowest BCUT2D eigenvalue weighted by atomic mass is 10.0. The monoisotopic (exact) mass is 241 g/mol. The van der Waals surface area contributed by atoms with Crippen molar-refractivity contribution in [3.63, 3.8) is 0 Å². The van der Waals surface area contributed by atoms with Crippen LogP contribution in [0.3, 0.4) is 0 Å². The minimum Gasteiger partial charge on any atom is -0.315 e. The van der Waals surface area contributed by atoms with Crippen LogP contribution in [-0.4, -0.2) is 61.7 Å². The van der Waals surface area contributed by atoms with E-state index in [0.717, 1.165) is 5.92 Å². The molecule has 0 aromatic rings. The maximum atomic E-state index is 3.44. The van der Waals surface area contributed by atoms with Gasteiger partial charge in [-0.15, -0.1) is 0 Å². The first-order valence-electron chi connectivity index (χ1n) is 7.22. The molecule has 1 aliphatic rings. The number of piperazine rings is 1. The Bertz CT molecular complexity index is 194. The van der Waals surface area contributed by atoms with Gasteiger partial charge in [0.1, 0.15) is 0 Å². The molecular weight excluding hydrogens is 210 g/mol. The fraction of sp³-hybridized carbons (Fsp3) is 1.00. The van der Waals surface area contributed by atoms with Gasteiger partial charge in [0.2, 0.25) is 0 Å². The normalized spacial score (nSPS) is 22.9. The number of nitrogens with one attached hydrogen (secondary N) is 1. The Kier molecular flexibility index (Phi) is 6.45. The molecule has 1 heterocycles. The highest BCUT2D eigenvalue weighted by molar-refractivity contribution is 4.83. The third kappa shape index (κ3) is 4.57. The minimum absolute atomic E-state index is 0.631. The van der Waals surface area contributed by atoms with Crippen LogP contribution in [0.2, 0.25) is 0 Å². The van der Waals surface area contributed by atoms with Crippen molar-refractivity contribution >= 4 is 0 Å². The van der Waals surface area contributed by atoms with Crippen molar-refractivity contribution in [3.05, 3.63) is 0 Å². The van der Waals surface area contributed by atoms with Gasteiger partial charge in [0.25, 0.3) is 0 Å². The van der Waals surface area contributed by atoms with Gasteiger partial charge in [0.05, 0.1) is 0 Å². The van der Waals surface area contributed by atoms with Crippen LogP contribution in [0.4, 0.5) is 0 Å². The molecule has 1 N–H and O–H groups in total. The fourth-order valence-electron chi connectivity index (χ4n) is 2.91. The van der Waals surface area contributed by atoms with Crippen molar-refractivity contribution in [2.45, 2.75) is 46.2 Å². The molecule has 0 aromatic heterocycles. The maximum Gasteiger partial charge on any atom is 0.0221 e. The minimum atomic E-state index is 0.631. The van der Waals surface area contributed by atoms with Crippen LogP contribution in [0.1, 0.15) is 34.1 Å². The molecule has 0 radical (unpaired) electrons. The predicted octanol–water partition coefficient (Wildman–Crippen LogP) is 1.65. The van der Waals surface area contributed by atoms with Gasteiger partial charge in [0.15, 0.2) is 0 Å². The lowest BCUT2D eigenvalue weighted by Crippen LogP contribution is -2.55. The van der Waals surface area contributed by atoms with Gasteiger partial charge in [-0.1, -0.05) is 20.8 Å². The van der Waals surface area contributed by atoms with Crippen molar-refractivity contribution in [2.75, 3.05) is 39.8 Å². The van der Waals surface area contributed by atoms with E-state index in [4.69, 9.17) is 0 Å².